The molecule has 1 unspecified atom stereocenters. The van der Waals surface area contributed by atoms with Gasteiger partial charge in [-0.2, -0.15) is 0 Å². The van der Waals surface area contributed by atoms with Gasteiger partial charge in [0.2, 0.25) is 0 Å². The van der Waals surface area contributed by atoms with Gasteiger partial charge in [-0.1, -0.05) is 6.07 Å². The number of rotatable bonds is 9. The van der Waals surface area contributed by atoms with Crippen molar-refractivity contribution < 1.29 is 4.74 Å². The van der Waals surface area contributed by atoms with Crippen LogP contribution in [-0.4, -0.2) is 28.8 Å². The molecule has 0 fully saturated rings. The van der Waals surface area contributed by atoms with Crippen LogP contribution in [0.5, 0.6) is 0 Å². The van der Waals surface area contributed by atoms with Crippen molar-refractivity contribution in [2.75, 3.05) is 13.2 Å². The van der Waals surface area contributed by atoms with E-state index in [1.807, 2.05) is 19.4 Å². The van der Waals surface area contributed by atoms with Gasteiger partial charge in [-0.25, -0.2) is 4.98 Å². The Bertz CT molecular complexity index is 507. The molecule has 0 aliphatic heterocycles. The Morgan fingerprint density at radius 3 is 2.86 bits per heavy atom. The summed E-state index contributed by atoms with van der Waals surface area (Å²) in [6.45, 7) is 5.96. The molecule has 0 saturated heterocycles. The molecule has 0 aliphatic carbocycles. The normalized spacial score (nSPS) is 13.0. The SMILES string of the molecule is CC(C)OCCCCNC(c1cccs1)c1nccn1C. The van der Waals surface area contributed by atoms with Crippen LogP contribution in [0.4, 0.5) is 0 Å². The van der Waals surface area contributed by atoms with Crippen molar-refractivity contribution in [2.24, 2.45) is 7.05 Å². The van der Waals surface area contributed by atoms with Crippen molar-refractivity contribution in [1.82, 2.24) is 14.9 Å². The van der Waals surface area contributed by atoms with Gasteiger partial charge in [-0.05, 0) is 44.7 Å². The molecule has 0 aliphatic rings. The van der Waals surface area contributed by atoms with Gasteiger partial charge < -0.3 is 14.6 Å². The monoisotopic (exact) mass is 307 g/mol. The maximum Gasteiger partial charge on any atom is 0.131 e. The van der Waals surface area contributed by atoms with Gasteiger partial charge in [-0.3, -0.25) is 0 Å². The maximum atomic E-state index is 5.57. The van der Waals surface area contributed by atoms with Crippen LogP contribution in [0.1, 0.15) is 43.4 Å². The topological polar surface area (TPSA) is 39.1 Å². The lowest BCUT2D eigenvalue weighted by atomic mass is 10.2. The second-order valence-corrected chi connectivity index (χ2v) is 6.40. The number of aryl methyl sites for hydroxylation is 1. The van der Waals surface area contributed by atoms with Gasteiger partial charge in [0.25, 0.3) is 0 Å². The molecule has 0 bridgehead atoms. The van der Waals surface area contributed by atoms with Crippen LogP contribution in [0.25, 0.3) is 0 Å². The quantitative estimate of drug-likeness (QED) is 0.722. The highest BCUT2D eigenvalue weighted by Crippen LogP contribution is 2.24. The summed E-state index contributed by atoms with van der Waals surface area (Å²) in [5.74, 6) is 1.07. The average molecular weight is 307 g/mol. The Hall–Kier alpha value is -1.17. The Morgan fingerprint density at radius 1 is 1.38 bits per heavy atom. The number of aromatic nitrogens is 2. The molecule has 2 aromatic rings. The number of ether oxygens (including phenoxy) is 1. The predicted molar refractivity (Wildman–Crippen MR) is 87.7 cm³/mol. The summed E-state index contributed by atoms with van der Waals surface area (Å²) in [7, 11) is 2.04. The predicted octanol–water partition coefficient (Wildman–Crippen LogP) is 3.37. The molecule has 0 radical (unpaired) electrons. The molecular formula is C16H25N3OS. The van der Waals surface area contributed by atoms with E-state index in [1.54, 1.807) is 11.3 Å². The molecule has 2 heterocycles. The van der Waals surface area contributed by atoms with Gasteiger partial charge in [0.1, 0.15) is 11.9 Å². The molecule has 116 valence electrons. The number of imidazole rings is 1. The first-order chi connectivity index (χ1) is 10.2. The highest BCUT2D eigenvalue weighted by atomic mass is 32.1. The molecule has 2 aromatic heterocycles. The molecule has 0 aromatic carbocycles. The van der Waals surface area contributed by atoms with E-state index in [2.05, 4.69) is 46.2 Å². The zero-order valence-corrected chi connectivity index (χ0v) is 13.9. The molecule has 0 amide bonds. The lowest BCUT2D eigenvalue weighted by Gasteiger charge is -2.17. The largest absolute Gasteiger partial charge is 0.379 e. The lowest BCUT2D eigenvalue weighted by molar-refractivity contribution is 0.0760. The summed E-state index contributed by atoms with van der Waals surface area (Å²) in [5, 5.41) is 5.74. The van der Waals surface area contributed by atoms with Gasteiger partial charge in [0, 0.05) is 30.9 Å². The molecule has 1 atom stereocenters. The number of nitrogens with zero attached hydrogens (tertiary/aromatic N) is 2. The molecule has 1 N–H and O–H groups in total. The first-order valence-corrected chi connectivity index (χ1v) is 8.42. The zero-order valence-electron chi connectivity index (χ0n) is 13.1. The van der Waals surface area contributed by atoms with Crippen LogP contribution in [0.3, 0.4) is 0 Å². The molecule has 4 nitrogen and oxygen atoms in total. The van der Waals surface area contributed by atoms with Crippen molar-refractivity contribution in [2.45, 2.75) is 38.8 Å². The van der Waals surface area contributed by atoms with Crippen molar-refractivity contribution in [3.05, 3.63) is 40.6 Å². The molecule has 5 heteroatoms. The van der Waals surface area contributed by atoms with Crippen LogP contribution < -0.4 is 5.32 Å². The number of hydrogen-bond donors (Lipinski definition) is 1. The van der Waals surface area contributed by atoms with Crippen molar-refractivity contribution in [3.8, 4) is 0 Å². The van der Waals surface area contributed by atoms with Crippen LogP contribution >= 0.6 is 11.3 Å². The highest BCUT2D eigenvalue weighted by Gasteiger charge is 2.18. The smallest absolute Gasteiger partial charge is 0.131 e. The number of hydrogen-bond acceptors (Lipinski definition) is 4. The van der Waals surface area contributed by atoms with Crippen LogP contribution in [0.15, 0.2) is 29.9 Å². The van der Waals surface area contributed by atoms with Crippen LogP contribution in [0.2, 0.25) is 0 Å². The molecule has 2 rings (SSSR count). The van der Waals surface area contributed by atoms with Crippen molar-refractivity contribution in [3.63, 3.8) is 0 Å². The fourth-order valence-corrected chi connectivity index (χ4v) is 3.02. The van der Waals surface area contributed by atoms with E-state index in [0.29, 0.717) is 6.10 Å². The lowest BCUT2D eigenvalue weighted by Crippen LogP contribution is -2.25. The summed E-state index contributed by atoms with van der Waals surface area (Å²) in [6, 6.07) is 4.43. The Labute approximate surface area is 131 Å². The minimum Gasteiger partial charge on any atom is -0.379 e. The second kappa shape index (κ2) is 8.32. The van der Waals surface area contributed by atoms with Crippen molar-refractivity contribution in [1.29, 1.82) is 0 Å². The Kier molecular flexibility index (Phi) is 6.42. The van der Waals surface area contributed by atoms with Crippen LogP contribution in [0, 0.1) is 0 Å². The van der Waals surface area contributed by atoms with Gasteiger partial charge >= 0.3 is 0 Å². The van der Waals surface area contributed by atoms with E-state index >= 15 is 0 Å². The fourth-order valence-electron chi connectivity index (χ4n) is 2.22. The summed E-state index contributed by atoms with van der Waals surface area (Å²) < 4.78 is 7.65. The van der Waals surface area contributed by atoms with Gasteiger partial charge in [0.05, 0.1) is 6.10 Å². The third kappa shape index (κ3) is 4.95. The maximum absolute atomic E-state index is 5.57. The molecular weight excluding hydrogens is 282 g/mol. The van der Waals surface area contributed by atoms with Gasteiger partial charge in [-0.15, -0.1) is 11.3 Å². The Balaban J connectivity index is 1.85. The van der Waals surface area contributed by atoms with E-state index in [4.69, 9.17) is 4.74 Å². The number of thiophene rings is 1. The Morgan fingerprint density at radius 2 is 2.24 bits per heavy atom. The third-order valence-corrected chi connectivity index (χ3v) is 4.25. The fraction of sp³-hybridized carbons (Fsp3) is 0.562. The van der Waals surface area contributed by atoms with E-state index in [-0.39, 0.29) is 6.04 Å². The molecule has 0 saturated carbocycles. The van der Waals surface area contributed by atoms with Gasteiger partial charge in [0.15, 0.2) is 0 Å². The van der Waals surface area contributed by atoms with Crippen molar-refractivity contribution >= 4 is 11.3 Å². The first kappa shape index (κ1) is 16.2. The average Bonchev–Trinajstić information content (AvgIpc) is 3.10. The summed E-state index contributed by atoms with van der Waals surface area (Å²) >= 11 is 1.77. The summed E-state index contributed by atoms with van der Waals surface area (Å²) in [6.07, 6.45) is 6.37. The zero-order chi connectivity index (χ0) is 15.1. The molecule has 0 spiro atoms. The van der Waals surface area contributed by atoms with E-state index in [0.717, 1.165) is 31.8 Å². The summed E-state index contributed by atoms with van der Waals surface area (Å²) in [5.41, 5.74) is 0. The van der Waals surface area contributed by atoms with E-state index in [9.17, 15) is 0 Å². The van der Waals surface area contributed by atoms with Crippen LogP contribution in [-0.2, 0) is 11.8 Å². The number of nitrogens with one attached hydrogen (secondary N) is 1. The third-order valence-electron chi connectivity index (χ3n) is 3.32. The number of unbranched alkanes of at least 4 members (excludes halogenated alkanes) is 1. The standard InChI is InChI=1S/C16H25N3OS/c1-13(2)20-11-5-4-8-17-15(14-7-6-12-21-14)16-18-9-10-19(16)3/h6-7,9-10,12-13,15,17H,4-5,8,11H2,1-3H3. The minimum atomic E-state index is 0.177. The second-order valence-electron chi connectivity index (χ2n) is 5.43. The van der Waals surface area contributed by atoms with E-state index < -0.39 is 0 Å². The minimum absolute atomic E-state index is 0.177. The highest BCUT2D eigenvalue weighted by molar-refractivity contribution is 7.10. The first-order valence-electron chi connectivity index (χ1n) is 7.54. The molecule has 21 heavy (non-hydrogen) atoms. The summed E-state index contributed by atoms with van der Waals surface area (Å²) in [4.78, 5) is 5.80. The van der Waals surface area contributed by atoms with E-state index in [1.165, 1.54) is 4.88 Å².